The minimum atomic E-state index is -0.485. The summed E-state index contributed by atoms with van der Waals surface area (Å²) in [6, 6.07) is 0. The molecule has 0 aromatic heterocycles. The van der Waals surface area contributed by atoms with E-state index in [1.807, 2.05) is 0 Å². The molecule has 0 unspecified atom stereocenters. The Kier molecular flexibility index (Phi) is 4.87. The minimum Gasteiger partial charge on any atom is -0.392 e. The zero-order chi connectivity index (χ0) is 23.5. The second-order valence-corrected chi connectivity index (χ2v) is 14.6. The lowest BCUT2D eigenvalue weighted by Gasteiger charge is -2.72. The number of Topliss-reactive ketones (excluding diaryl/α,β-unsaturated/α-hetero) is 1. The van der Waals surface area contributed by atoms with Crippen LogP contribution >= 0.6 is 0 Å². The lowest BCUT2D eigenvalue weighted by atomic mass is 9.32. The van der Waals surface area contributed by atoms with Crippen molar-refractivity contribution >= 4 is 5.78 Å². The number of carbonyl (C=O) groups is 1. The van der Waals surface area contributed by atoms with Gasteiger partial charge in [-0.15, -0.1) is 0 Å². The van der Waals surface area contributed by atoms with Gasteiger partial charge in [-0.1, -0.05) is 53.7 Å². The van der Waals surface area contributed by atoms with Crippen molar-refractivity contribution in [3.63, 3.8) is 0 Å². The third-order valence-electron chi connectivity index (χ3n) is 13.3. The fraction of sp³-hybridized carbons (Fsp3) is 0.900. The van der Waals surface area contributed by atoms with E-state index in [4.69, 9.17) is 0 Å². The van der Waals surface area contributed by atoms with Gasteiger partial charge in [-0.2, -0.15) is 0 Å². The molecule has 32 heavy (non-hydrogen) atoms. The number of carbonyl (C=O) groups excluding carboxylic acids is 1. The van der Waals surface area contributed by atoms with Crippen LogP contribution in [0, 0.1) is 56.7 Å². The Morgan fingerprint density at radius 2 is 1.56 bits per heavy atom. The van der Waals surface area contributed by atoms with Gasteiger partial charge < -0.3 is 5.11 Å². The van der Waals surface area contributed by atoms with Gasteiger partial charge in [0.2, 0.25) is 0 Å². The molecule has 0 radical (unpaired) electrons. The number of hydrogen-bond acceptors (Lipinski definition) is 2. The van der Waals surface area contributed by atoms with Gasteiger partial charge >= 0.3 is 0 Å². The Bertz CT molecular complexity index is 842. The number of rotatable bonds is 1. The quantitative estimate of drug-likeness (QED) is 0.438. The van der Waals surface area contributed by atoms with E-state index in [-0.39, 0.29) is 22.0 Å². The zero-order valence-electron chi connectivity index (χ0n) is 21.9. The molecular weight excluding hydrogens is 392 g/mol. The molecule has 2 heteroatoms. The van der Waals surface area contributed by atoms with Gasteiger partial charge in [0.25, 0.3) is 0 Å². The maximum Gasteiger partial charge on any atom is 0.141 e. The van der Waals surface area contributed by atoms with Crippen LogP contribution in [0.5, 0.6) is 0 Å². The summed E-state index contributed by atoms with van der Waals surface area (Å²) in [5.74, 6) is 3.31. The molecular formula is C30H48O2. The first-order valence-electron chi connectivity index (χ1n) is 13.6. The molecule has 180 valence electrons. The van der Waals surface area contributed by atoms with Gasteiger partial charge in [0.1, 0.15) is 5.78 Å². The summed E-state index contributed by atoms with van der Waals surface area (Å²) in [6.07, 6.45) is 10.1. The molecule has 0 heterocycles. The first kappa shape index (κ1) is 23.1. The van der Waals surface area contributed by atoms with Gasteiger partial charge in [-0.05, 0) is 104 Å². The average Bonchev–Trinajstić information content (AvgIpc) is 3.05. The summed E-state index contributed by atoms with van der Waals surface area (Å²) < 4.78 is 0. The summed E-state index contributed by atoms with van der Waals surface area (Å²) in [4.78, 5) is 12.9. The summed E-state index contributed by atoms with van der Waals surface area (Å²) >= 11 is 0. The van der Waals surface area contributed by atoms with Gasteiger partial charge in [0, 0.05) is 17.3 Å². The third kappa shape index (κ3) is 2.55. The lowest BCUT2D eigenvalue weighted by molar-refractivity contribution is -0.254. The average molecular weight is 441 g/mol. The van der Waals surface area contributed by atoms with Crippen LogP contribution in [-0.2, 0) is 4.79 Å². The maximum absolute atomic E-state index is 12.9. The van der Waals surface area contributed by atoms with Crippen molar-refractivity contribution in [1.29, 1.82) is 0 Å². The van der Waals surface area contributed by atoms with E-state index < -0.39 is 6.10 Å². The van der Waals surface area contributed by atoms with Crippen LogP contribution in [0.4, 0.5) is 0 Å². The summed E-state index contributed by atoms with van der Waals surface area (Å²) in [7, 11) is 0. The van der Waals surface area contributed by atoms with Crippen LogP contribution in [0.1, 0.15) is 106 Å². The molecule has 5 aliphatic carbocycles. The van der Waals surface area contributed by atoms with Crippen LogP contribution in [0.25, 0.3) is 0 Å². The highest BCUT2D eigenvalue weighted by molar-refractivity contribution is 5.86. The molecule has 5 fully saturated rings. The van der Waals surface area contributed by atoms with Crippen molar-refractivity contribution in [2.75, 3.05) is 0 Å². The fourth-order valence-electron chi connectivity index (χ4n) is 11.2. The van der Waals surface area contributed by atoms with E-state index in [9.17, 15) is 9.90 Å². The molecule has 10 atom stereocenters. The van der Waals surface area contributed by atoms with Crippen molar-refractivity contribution in [2.24, 2.45) is 56.7 Å². The van der Waals surface area contributed by atoms with Crippen molar-refractivity contribution in [3.05, 3.63) is 12.2 Å². The molecule has 0 saturated heterocycles. The summed E-state index contributed by atoms with van der Waals surface area (Å²) in [5, 5.41) is 11.5. The largest absolute Gasteiger partial charge is 0.392 e. The zero-order valence-corrected chi connectivity index (χ0v) is 21.9. The number of aliphatic hydroxyl groups is 1. The highest BCUT2D eigenvalue weighted by atomic mass is 16.3. The van der Waals surface area contributed by atoms with Gasteiger partial charge in [-0.3, -0.25) is 4.79 Å². The van der Waals surface area contributed by atoms with Crippen LogP contribution < -0.4 is 0 Å². The fourth-order valence-corrected chi connectivity index (χ4v) is 11.2. The molecule has 0 bridgehead atoms. The molecule has 1 N–H and O–H groups in total. The summed E-state index contributed by atoms with van der Waals surface area (Å²) in [6.45, 7) is 21.3. The number of ketones is 1. The highest BCUT2D eigenvalue weighted by Crippen LogP contribution is 2.77. The number of aliphatic hydroxyl groups excluding tert-OH is 1. The topological polar surface area (TPSA) is 37.3 Å². The molecule has 2 nitrogen and oxygen atoms in total. The van der Waals surface area contributed by atoms with E-state index in [2.05, 4.69) is 55.0 Å². The smallest absolute Gasteiger partial charge is 0.141 e. The lowest BCUT2D eigenvalue weighted by Crippen LogP contribution is -2.69. The Labute approximate surface area is 197 Å². The monoisotopic (exact) mass is 440 g/mol. The predicted octanol–water partition coefficient (Wildman–Crippen LogP) is 7.20. The molecule has 5 saturated carbocycles. The second kappa shape index (κ2) is 6.73. The van der Waals surface area contributed by atoms with Gasteiger partial charge in [-0.25, -0.2) is 0 Å². The number of allylic oxidation sites excluding steroid dienone is 1. The van der Waals surface area contributed by atoms with Crippen molar-refractivity contribution < 1.29 is 9.90 Å². The van der Waals surface area contributed by atoms with Crippen LogP contribution in [-0.4, -0.2) is 17.0 Å². The Morgan fingerprint density at radius 3 is 2.22 bits per heavy atom. The molecule has 0 spiro atoms. The first-order valence-corrected chi connectivity index (χ1v) is 13.6. The Balaban J connectivity index is 1.57. The van der Waals surface area contributed by atoms with Crippen molar-refractivity contribution in [2.45, 2.75) is 112 Å². The van der Waals surface area contributed by atoms with Crippen LogP contribution in [0.3, 0.4) is 0 Å². The normalized spacial score (nSPS) is 56.6. The highest BCUT2D eigenvalue weighted by Gasteiger charge is 2.71. The molecule has 0 aromatic rings. The number of fused-ring (bicyclic) bond motifs is 7. The van der Waals surface area contributed by atoms with E-state index >= 15 is 0 Å². The summed E-state index contributed by atoms with van der Waals surface area (Å²) in [5.41, 5.74) is 1.99. The molecule has 5 aliphatic rings. The Hall–Kier alpha value is -0.630. The van der Waals surface area contributed by atoms with Crippen LogP contribution in [0.15, 0.2) is 12.2 Å². The van der Waals surface area contributed by atoms with Crippen molar-refractivity contribution in [1.82, 2.24) is 0 Å². The second-order valence-electron chi connectivity index (χ2n) is 14.6. The maximum atomic E-state index is 12.9. The molecule has 0 aromatic carbocycles. The van der Waals surface area contributed by atoms with E-state index in [0.29, 0.717) is 35.0 Å². The first-order chi connectivity index (χ1) is 14.7. The van der Waals surface area contributed by atoms with Crippen molar-refractivity contribution in [3.8, 4) is 0 Å². The molecule has 5 rings (SSSR count). The molecule has 0 amide bonds. The Morgan fingerprint density at radius 1 is 0.875 bits per heavy atom. The minimum absolute atomic E-state index is 0.150. The van der Waals surface area contributed by atoms with Crippen LogP contribution in [0.2, 0.25) is 0 Å². The predicted molar refractivity (Wildman–Crippen MR) is 131 cm³/mol. The van der Waals surface area contributed by atoms with Gasteiger partial charge in [0.05, 0.1) is 6.10 Å². The van der Waals surface area contributed by atoms with E-state index in [1.54, 1.807) is 0 Å². The van der Waals surface area contributed by atoms with E-state index in [1.165, 1.54) is 50.5 Å². The SMILES string of the molecule is C=C(C)[C@@H]1CC[C@]2(C)CC[C@]3(C)[C@H](CC[C@@H]4[C@@]5(C)[C@H](O)CC(=O)C(C)(C)[C@@H]5CC[C@]43C)[C@@H]12. The van der Waals surface area contributed by atoms with E-state index in [0.717, 1.165) is 18.3 Å². The third-order valence-corrected chi connectivity index (χ3v) is 13.3. The number of hydrogen-bond donors (Lipinski definition) is 1. The molecule has 0 aliphatic heterocycles. The van der Waals surface area contributed by atoms with Gasteiger partial charge in [0.15, 0.2) is 0 Å². The standard InChI is InChI=1S/C30H48O2/c1-18(2)19-11-13-27(5)15-16-28(6)20(25(19)27)9-10-22-29(28,7)14-12-21-26(3,4)23(31)17-24(32)30(21,22)8/h19-22,24-25,32H,1,9-17H2,2-8H3/t19-,20+,21-,22-,24+,25+,27+,28+,29+,30-/m0/s1.